The van der Waals surface area contributed by atoms with E-state index in [1.54, 1.807) is 30.3 Å². The molecule has 4 heteroatoms. The number of rotatable bonds is 5. The van der Waals surface area contributed by atoms with Crippen molar-refractivity contribution in [3.05, 3.63) is 65.7 Å². The molecule has 0 aromatic heterocycles. The van der Waals surface area contributed by atoms with Gasteiger partial charge in [0.2, 0.25) is 0 Å². The monoisotopic (exact) mass is 293 g/mol. The number of para-hydroxylation sites is 1. The number of hydrogen-bond acceptors (Lipinski definition) is 1. The zero-order chi connectivity index (χ0) is 15.3. The van der Waals surface area contributed by atoms with Crippen molar-refractivity contribution >= 4 is 5.69 Å². The van der Waals surface area contributed by atoms with Gasteiger partial charge in [0.05, 0.1) is 0 Å². The molecule has 0 heterocycles. The summed E-state index contributed by atoms with van der Waals surface area (Å²) in [4.78, 5) is 0. The molecule has 2 rings (SSSR count). The van der Waals surface area contributed by atoms with Crippen molar-refractivity contribution in [1.29, 1.82) is 0 Å². The van der Waals surface area contributed by atoms with Crippen LogP contribution in [-0.2, 0) is 6.42 Å². The van der Waals surface area contributed by atoms with Crippen LogP contribution >= 0.6 is 0 Å². The molecule has 0 radical (unpaired) electrons. The Labute approximate surface area is 122 Å². The molecule has 0 aliphatic heterocycles. The van der Waals surface area contributed by atoms with Crippen LogP contribution in [0.25, 0.3) is 0 Å². The Morgan fingerprint density at radius 3 is 2.19 bits per heavy atom. The molecule has 2 aromatic rings. The van der Waals surface area contributed by atoms with Crippen molar-refractivity contribution in [2.75, 3.05) is 5.32 Å². The van der Waals surface area contributed by atoms with E-state index in [-0.39, 0.29) is 5.56 Å². The zero-order valence-electron chi connectivity index (χ0n) is 11.8. The molecule has 21 heavy (non-hydrogen) atoms. The summed E-state index contributed by atoms with van der Waals surface area (Å²) in [5.74, 6) is 0. The fraction of sp³-hybridized carbons (Fsp3) is 0.294. The Balaban J connectivity index is 2.33. The van der Waals surface area contributed by atoms with Gasteiger partial charge in [0, 0.05) is 5.69 Å². The van der Waals surface area contributed by atoms with E-state index in [0.717, 1.165) is 18.4 Å². The first-order valence-electron chi connectivity index (χ1n) is 6.98. The molecule has 0 bridgehead atoms. The molecule has 1 atom stereocenters. The Kier molecular flexibility index (Phi) is 4.89. The lowest BCUT2D eigenvalue weighted by atomic mass is 10.0. The van der Waals surface area contributed by atoms with Gasteiger partial charge in [0.1, 0.15) is 6.04 Å². The molecule has 0 spiro atoms. The average Bonchev–Trinajstić information content (AvgIpc) is 2.46. The summed E-state index contributed by atoms with van der Waals surface area (Å²) in [5.41, 5.74) is 1.67. The van der Waals surface area contributed by atoms with E-state index in [2.05, 4.69) is 5.32 Å². The topological polar surface area (TPSA) is 12.0 Å². The highest BCUT2D eigenvalue weighted by Gasteiger charge is 2.40. The van der Waals surface area contributed by atoms with Crippen molar-refractivity contribution in [3.8, 4) is 0 Å². The van der Waals surface area contributed by atoms with Crippen LogP contribution in [0.5, 0.6) is 0 Å². The van der Waals surface area contributed by atoms with E-state index in [1.807, 2.05) is 19.1 Å². The van der Waals surface area contributed by atoms with Crippen molar-refractivity contribution in [3.63, 3.8) is 0 Å². The van der Waals surface area contributed by atoms with Crippen LogP contribution in [-0.4, -0.2) is 6.18 Å². The number of halogens is 3. The quantitative estimate of drug-likeness (QED) is 0.783. The van der Waals surface area contributed by atoms with Gasteiger partial charge >= 0.3 is 6.18 Å². The molecule has 0 aliphatic carbocycles. The highest BCUT2D eigenvalue weighted by Crippen LogP contribution is 2.36. The van der Waals surface area contributed by atoms with Gasteiger partial charge in [-0.15, -0.1) is 0 Å². The first kappa shape index (κ1) is 15.4. The van der Waals surface area contributed by atoms with E-state index in [0.29, 0.717) is 5.69 Å². The third-order valence-corrected chi connectivity index (χ3v) is 3.30. The van der Waals surface area contributed by atoms with Crippen molar-refractivity contribution in [2.24, 2.45) is 0 Å². The molecule has 0 fully saturated rings. The third kappa shape index (κ3) is 4.00. The number of hydrogen-bond donors (Lipinski definition) is 1. The van der Waals surface area contributed by atoms with E-state index in [1.165, 1.54) is 12.1 Å². The van der Waals surface area contributed by atoms with Gasteiger partial charge in [-0.1, -0.05) is 61.9 Å². The van der Waals surface area contributed by atoms with Gasteiger partial charge in [0.25, 0.3) is 0 Å². The predicted molar refractivity (Wildman–Crippen MR) is 79.3 cm³/mol. The minimum absolute atomic E-state index is 0.219. The summed E-state index contributed by atoms with van der Waals surface area (Å²) in [5, 5.41) is 2.66. The van der Waals surface area contributed by atoms with Crippen LogP contribution in [0.4, 0.5) is 18.9 Å². The third-order valence-electron chi connectivity index (χ3n) is 3.30. The van der Waals surface area contributed by atoms with Gasteiger partial charge in [-0.2, -0.15) is 13.2 Å². The second-order valence-electron chi connectivity index (χ2n) is 4.94. The van der Waals surface area contributed by atoms with E-state index in [9.17, 15) is 13.2 Å². The Morgan fingerprint density at radius 2 is 1.57 bits per heavy atom. The fourth-order valence-corrected chi connectivity index (χ4v) is 2.30. The number of benzene rings is 2. The minimum atomic E-state index is -4.35. The van der Waals surface area contributed by atoms with E-state index in [4.69, 9.17) is 0 Å². The molecule has 1 N–H and O–H groups in total. The van der Waals surface area contributed by atoms with Crippen LogP contribution in [0.1, 0.15) is 30.5 Å². The SMILES string of the molecule is CCCc1ccccc1NC(c1ccccc1)C(F)(F)F. The first-order valence-corrected chi connectivity index (χ1v) is 6.98. The second-order valence-corrected chi connectivity index (χ2v) is 4.94. The number of anilines is 1. The average molecular weight is 293 g/mol. The van der Waals surface area contributed by atoms with E-state index < -0.39 is 12.2 Å². The molecule has 0 saturated carbocycles. The Bertz CT molecular complexity index is 564. The van der Waals surface area contributed by atoms with Gasteiger partial charge < -0.3 is 5.32 Å². The number of alkyl halides is 3. The molecule has 0 amide bonds. The highest BCUT2D eigenvalue weighted by atomic mass is 19.4. The summed E-state index contributed by atoms with van der Waals surface area (Å²) in [6.07, 6.45) is -2.70. The molecule has 1 nitrogen and oxygen atoms in total. The van der Waals surface area contributed by atoms with Crippen LogP contribution in [0.2, 0.25) is 0 Å². The van der Waals surface area contributed by atoms with Crippen LogP contribution in [0, 0.1) is 0 Å². The van der Waals surface area contributed by atoms with Crippen LogP contribution < -0.4 is 5.32 Å². The second kappa shape index (κ2) is 6.66. The van der Waals surface area contributed by atoms with Crippen molar-refractivity contribution in [1.82, 2.24) is 0 Å². The van der Waals surface area contributed by atoms with Crippen molar-refractivity contribution in [2.45, 2.75) is 32.0 Å². The predicted octanol–water partition coefficient (Wildman–Crippen LogP) is 5.35. The molecule has 2 aromatic carbocycles. The number of aryl methyl sites for hydroxylation is 1. The lowest BCUT2D eigenvalue weighted by molar-refractivity contribution is -0.144. The first-order chi connectivity index (χ1) is 10.0. The number of nitrogens with one attached hydrogen (secondary N) is 1. The molecule has 112 valence electrons. The van der Waals surface area contributed by atoms with Gasteiger partial charge in [-0.25, -0.2) is 0 Å². The maximum absolute atomic E-state index is 13.3. The Morgan fingerprint density at radius 1 is 0.952 bits per heavy atom. The zero-order valence-corrected chi connectivity index (χ0v) is 11.8. The summed E-state index contributed by atoms with van der Waals surface area (Å²) >= 11 is 0. The minimum Gasteiger partial charge on any atom is -0.370 e. The molecule has 1 unspecified atom stereocenters. The van der Waals surface area contributed by atoms with Crippen LogP contribution in [0.15, 0.2) is 54.6 Å². The molecule has 0 saturated heterocycles. The largest absolute Gasteiger partial charge is 0.412 e. The van der Waals surface area contributed by atoms with Crippen molar-refractivity contribution < 1.29 is 13.2 Å². The summed E-state index contributed by atoms with van der Waals surface area (Å²) in [6, 6.07) is 13.4. The molecular weight excluding hydrogens is 275 g/mol. The van der Waals surface area contributed by atoms with Gasteiger partial charge in [-0.05, 0) is 23.6 Å². The van der Waals surface area contributed by atoms with Gasteiger partial charge in [0.15, 0.2) is 0 Å². The lowest BCUT2D eigenvalue weighted by Gasteiger charge is -2.24. The smallest absolute Gasteiger partial charge is 0.370 e. The molecular formula is C17H18F3N. The normalized spacial score (nSPS) is 13.0. The summed E-state index contributed by atoms with van der Waals surface area (Å²) in [7, 11) is 0. The standard InChI is InChI=1S/C17H18F3N/c1-2-8-13-9-6-7-12-15(13)21-16(17(18,19)20)14-10-4-3-5-11-14/h3-7,9-12,16,21H,2,8H2,1H3. The molecule has 0 aliphatic rings. The summed E-state index contributed by atoms with van der Waals surface area (Å²) < 4.78 is 40.0. The Hall–Kier alpha value is -1.97. The maximum Gasteiger partial charge on any atom is 0.412 e. The maximum atomic E-state index is 13.3. The van der Waals surface area contributed by atoms with Gasteiger partial charge in [-0.3, -0.25) is 0 Å². The van der Waals surface area contributed by atoms with Crippen LogP contribution in [0.3, 0.4) is 0 Å². The fourth-order valence-electron chi connectivity index (χ4n) is 2.30. The van der Waals surface area contributed by atoms with E-state index >= 15 is 0 Å². The summed E-state index contributed by atoms with van der Waals surface area (Å²) in [6.45, 7) is 2.01. The lowest BCUT2D eigenvalue weighted by Crippen LogP contribution is -2.28. The highest BCUT2D eigenvalue weighted by molar-refractivity contribution is 5.53.